The van der Waals surface area contributed by atoms with Crippen molar-refractivity contribution in [2.45, 2.75) is 105 Å². The van der Waals surface area contributed by atoms with Crippen LogP contribution in [0.2, 0.25) is 0 Å². The second kappa shape index (κ2) is 19.3. The highest BCUT2D eigenvalue weighted by molar-refractivity contribution is 5.90. The van der Waals surface area contributed by atoms with E-state index in [0.717, 1.165) is 38.5 Å². The Labute approximate surface area is 207 Å². The number of Topliss-reactive ketones (excluding diaryl/α,β-unsaturated/α-hetero) is 2. The van der Waals surface area contributed by atoms with E-state index in [9.17, 15) is 19.2 Å². The van der Waals surface area contributed by atoms with Crippen LogP contribution in [0.3, 0.4) is 0 Å². The van der Waals surface area contributed by atoms with Crippen LogP contribution in [0.5, 0.6) is 0 Å². The van der Waals surface area contributed by atoms with E-state index in [0.29, 0.717) is 31.5 Å². The number of rotatable bonds is 11. The first-order valence-electron chi connectivity index (χ1n) is 13.2. The standard InChI is InChI=1S/C13H20O3.C13H22O3.C2H6/c1-3-4-5-6-11-10(7-8-12(11)14)9-13(15)16-2;1-3-4-5-6-7-10-11(13(15)16-2)8-9-12(10)14;1-2/h4-5,10-11H,3,6-9H2,1-2H3;10-11H,3-9H2,1-2H3;1-2H3/b5-4-;;/t10-,11-;;/m1../s1. The number of hydrogen-bond donors (Lipinski definition) is 0. The minimum Gasteiger partial charge on any atom is -0.469 e. The molecule has 0 saturated heterocycles. The van der Waals surface area contributed by atoms with Crippen LogP contribution < -0.4 is 0 Å². The van der Waals surface area contributed by atoms with Gasteiger partial charge in [-0.3, -0.25) is 19.2 Å². The van der Waals surface area contributed by atoms with Gasteiger partial charge in [-0.1, -0.05) is 65.5 Å². The maximum atomic E-state index is 11.7. The summed E-state index contributed by atoms with van der Waals surface area (Å²) in [5.74, 6) is 0.129. The molecule has 0 aromatic heterocycles. The van der Waals surface area contributed by atoms with E-state index in [1.165, 1.54) is 27.1 Å². The van der Waals surface area contributed by atoms with Gasteiger partial charge in [0.15, 0.2) is 0 Å². The van der Waals surface area contributed by atoms with Crippen LogP contribution in [-0.2, 0) is 28.7 Å². The number of ether oxygens (including phenoxy) is 2. The Morgan fingerprint density at radius 1 is 0.882 bits per heavy atom. The lowest BCUT2D eigenvalue weighted by Gasteiger charge is -2.15. The first-order valence-corrected chi connectivity index (χ1v) is 13.2. The number of unbranched alkanes of at least 4 members (excludes halogenated alkanes) is 3. The average Bonchev–Trinajstić information content (AvgIpc) is 3.40. The van der Waals surface area contributed by atoms with Crippen molar-refractivity contribution in [1.82, 2.24) is 0 Å². The molecule has 6 nitrogen and oxygen atoms in total. The molecule has 2 unspecified atom stereocenters. The second-order valence-electron chi connectivity index (χ2n) is 8.86. The third-order valence-corrected chi connectivity index (χ3v) is 6.67. The summed E-state index contributed by atoms with van der Waals surface area (Å²) in [5.41, 5.74) is 0. The predicted molar refractivity (Wildman–Crippen MR) is 135 cm³/mol. The van der Waals surface area contributed by atoms with Crippen LogP contribution in [0, 0.1) is 23.7 Å². The quantitative estimate of drug-likeness (QED) is 0.197. The molecule has 0 amide bonds. The Bertz CT molecular complexity index is 639. The summed E-state index contributed by atoms with van der Waals surface area (Å²) in [5, 5.41) is 0. The molecule has 0 bridgehead atoms. The first kappa shape index (κ1) is 32.0. The van der Waals surface area contributed by atoms with Crippen LogP contribution in [0.25, 0.3) is 0 Å². The van der Waals surface area contributed by atoms with E-state index in [1.807, 2.05) is 13.8 Å². The topological polar surface area (TPSA) is 86.7 Å². The highest BCUT2D eigenvalue weighted by Crippen LogP contribution is 2.34. The number of methoxy groups -OCH3 is 2. The van der Waals surface area contributed by atoms with E-state index >= 15 is 0 Å². The molecule has 2 aliphatic rings. The highest BCUT2D eigenvalue weighted by Gasteiger charge is 2.39. The maximum absolute atomic E-state index is 11.7. The average molecular weight is 481 g/mol. The molecular formula is C28H48O6. The van der Waals surface area contributed by atoms with E-state index in [1.54, 1.807) is 0 Å². The summed E-state index contributed by atoms with van der Waals surface area (Å²) in [6.07, 6.45) is 14.4. The molecule has 2 aliphatic carbocycles. The van der Waals surface area contributed by atoms with Crippen molar-refractivity contribution < 1.29 is 28.7 Å². The third-order valence-electron chi connectivity index (χ3n) is 6.67. The normalized spacial score (nSPS) is 23.7. The zero-order chi connectivity index (χ0) is 25.9. The highest BCUT2D eigenvalue weighted by atomic mass is 16.5. The maximum Gasteiger partial charge on any atom is 0.309 e. The number of hydrogen-bond acceptors (Lipinski definition) is 6. The van der Waals surface area contributed by atoms with Crippen molar-refractivity contribution in [3.63, 3.8) is 0 Å². The fraction of sp³-hybridized carbons (Fsp3) is 0.786. The monoisotopic (exact) mass is 480 g/mol. The van der Waals surface area contributed by atoms with Gasteiger partial charge in [0.05, 0.1) is 20.1 Å². The molecule has 0 radical (unpaired) electrons. The molecule has 0 N–H and O–H groups in total. The van der Waals surface area contributed by atoms with Gasteiger partial charge in [-0.25, -0.2) is 0 Å². The number of carbonyl (C=O) groups excluding carboxylic acids is 4. The Balaban J connectivity index is 0.000000597. The summed E-state index contributed by atoms with van der Waals surface area (Å²) < 4.78 is 9.40. The molecular weight excluding hydrogens is 432 g/mol. The Morgan fingerprint density at radius 2 is 1.53 bits per heavy atom. The van der Waals surface area contributed by atoms with Gasteiger partial charge in [-0.2, -0.15) is 0 Å². The fourth-order valence-electron chi connectivity index (χ4n) is 4.75. The summed E-state index contributed by atoms with van der Waals surface area (Å²) in [6.45, 7) is 8.23. The summed E-state index contributed by atoms with van der Waals surface area (Å²) in [6, 6.07) is 0. The molecule has 196 valence electrons. The van der Waals surface area contributed by atoms with Crippen molar-refractivity contribution in [3.05, 3.63) is 12.2 Å². The Morgan fingerprint density at radius 3 is 2.12 bits per heavy atom. The zero-order valence-electron chi connectivity index (χ0n) is 22.4. The van der Waals surface area contributed by atoms with Gasteiger partial charge in [-0.05, 0) is 38.0 Å². The van der Waals surface area contributed by atoms with E-state index < -0.39 is 0 Å². The van der Waals surface area contributed by atoms with Crippen LogP contribution in [-0.4, -0.2) is 37.7 Å². The predicted octanol–water partition coefficient (Wildman–Crippen LogP) is 6.25. The van der Waals surface area contributed by atoms with E-state index in [2.05, 4.69) is 30.7 Å². The van der Waals surface area contributed by atoms with Crippen molar-refractivity contribution in [2.24, 2.45) is 23.7 Å². The van der Waals surface area contributed by atoms with Crippen molar-refractivity contribution in [2.75, 3.05) is 14.2 Å². The van der Waals surface area contributed by atoms with Gasteiger partial charge in [0.2, 0.25) is 0 Å². The summed E-state index contributed by atoms with van der Waals surface area (Å²) >= 11 is 0. The lowest BCUT2D eigenvalue weighted by atomic mass is 9.89. The van der Waals surface area contributed by atoms with Gasteiger partial charge < -0.3 is 9.47 Å². The Hall–Kier alpha value is -1.98. The molecule has 34 heavy (non-hydrogen) atoms. The van der Waals surface area contributed by atoms with Crippen molar-refractivity contribution in [3.8, 4) is 0 Å². The fourth-order valence-corrected chi connectivity index (χ4v) is 4.75. The largest absolute Gasteiger partial charge is 0.469 e. The Kier molecular flexibility index (Phi) is 18.2. The number of esters is 2. The van der Waals surface area contributed by atoms with Crippen LogP contribution >= 0.6 is 0 Å². The van der Waals surface area contributed by atoms with Gasteiger partial charge >= 0.3 is 11.9 Å². The molecule has 2 saturated carbocycles. The van der Waals surface area contributed by atoms with Crippen LogP contribution in [0.15, 0.2) is 12.2 Å². The first-order chi connectivity index (χ1) is 16.4. The molecule has 0 aromatic rings. The summed E-state index contributed by atoms with van der Waals surface area (Å²) in [7, 11) is 2.80. The van der Waals surface area contributed by atoms with Crippen LogP contribution in [0.4, 0.5) is 0 Å². The molecule has 0 aromatic carbocycles. The minimum absolute atomic E-state index is 0.0295. The minimum atomic E-state index is -0.204. The second-order valence-corrected chi connectivity index (χ2v) is 8.86. The van der Waals surface area contributed by atoms with Gasteiger partial charge in [0.25, 0.3) is 0 Å². The van der Waals surface area contributed by atoms with E-state index in [4.69, 9.17) is 4.74 Å². The number of ketones is 2. The zero-order valence-corrected chi connectivity index (χ0v) is 22.4. The molecule has 0 aliphatic heterocycles. The molecule has 2 fully saturated rings. The molecule has 2 rings (SSSR count). The number of carbonyl (C=O) groups is 4. The lowest BCUT2D eigenvalue weighted by Crippen LogP contribution is -2.23. The van der Waals surface area contributed by atoms with Gasteiger partial charge in [0, 0.05) is 31.1 Å². The SMILES string of the molecule is CC.CC/C=C\C[C@H]1C(=O)CC[C@@H]1CC(=O)OC.CCCCCCC1C(=O)CCC1C(=O)OC. The number of allylic oxidation sites excluding steroid dienone is 2. The van der Waals surface area contributed by atoms with Crippen molar-refractivity contribution in [1.29, 1.82) is 0 Å². The van der Waals surface area contributed by atoms with E-state index in [-0.39, 0.29) is 41.4 Å². The lowest BCUT2D eigenvalue weighted by molar-refractivity contribution is -0.148. The summed E-state index contributed by atoms with van der Waals surface area (Å²) in [4.78, 5) is 46.0. The van der Waals surface area contributed by atoms with Gasteiger partial charge in [-0.15, -0.1) is 0 Å². The molecule has 6 heteroatoms. The van der Waals surface area contributed by atoms with Crippen LogP contribution in [0.1, 0.15) is 105 Å². The smallest absolute Gasteiger partial charge is 0.309 e. The molecule has 4 atom stereocenters. The molecule has 0 heterocycles. The van der Waals surface area contributed by atoms with Gasteiger partial charge in [0.1, 0.15) is 11.6 Å². The third kappa shape index (κ3) is 11.4. The molecule has 0 spiro atoms. The van der Waals surface area contributed by atoms with Crippen molar-refractivity contribution >= 4 is 23.5 Å².